The van der Waals surface area contributed by atoms with Crippen molar-refractivity contribution in [2.45, 2.75) is 52.9 Å². The van der Waals surface area contributed by atoms with E-state index >= 15 is 0 Å². The second-order valence-electron chi connectivity index (χ2n) is 5.16. The zero-order valence-electron chi connectivity index (χ0n) is 14.3. The van der Waals surface area contributed by atoms with Crippen molar-refractivity contribution >= 4 is 41.2 Å². The number of ether oxygens (including phenoxy) is 1. The van der Waals surface area contributed by atoms with Crippen molar-refractivity contribution in [2.24, 2.45) is 21.6 Å². The van der Waals surface area contributed by atoms with Gasteiger partial charge in [-0.3, -0.25) is 9.79 Å². The van der Waals surface area contributed by atoms with E-state index in [4.69, 9.17) is 22.1 Å². The van der Waals surface area contributed by atoms with Crippen LogP contribution in [0.15, 0.2) is 20.8 Å². The number of esters is 1. The number of carbonyl (C=O) groups excluding carboxylic acids is 1. The van der Waals surface area contributed by atoms with Crippen LogP contribution < -0.4 is 5.73 Å². The molecule has 0 aliphatic heterocycles. The van der Waals surface area contributed by atoms with Crippen molar-refractivity contribution in [3.05, 3.63) is 10.9 Å². The first kappa shape index (κ1) is 22.0. The van der Waals surface area contributed by atoms with E-state index < -0.39 is 0 Å². The van der Waals surface area contributed by atoms with E-state index in [1.165, 1.54) is 18.2 Å². The van der Waals surface area contributed by atoms with Crippen molar-refractivity contribution in [2.75, 3.05) is 12.4 Å². The Hall–Kier alpha value is -1.01. The Morgan fingerprint density at radius 1 is 1.43 bits per heavy atom. The third kappa shape index (κ3) is 11.2. The number of aliphatic imine (C=N–C) groups is 2. The molecule has 1 unspecified atom stereocenters. The topological polar surface area (TPSA) is 77.0 Å². The zero-order valence-corrected chi connectivity index (χ0v) is 15.9. The third-order valence-electron chi connectivity index (χ3n) is 3.21. The number of rotatable bonds is 12. The molecule has 0 aromatic carbocycles. The highest BCUT2D eigenvalue weighted by Gasteiger charge is 2.11. The van der Waals surface area contributed by atoms with Gasteiger partial charge in [0.1, 0.15) is 10.2 Å². The van der Waals surface area contributed by atoms with Crippen LogP contribution in [0.1, 0.15) is 52.9 Å². The van der Waals surface area contributed by atoms with E-state index in [1.807, 2.05) is 0 Å². The summed E-state index contributed by atoms with van der Waals surface area (Å²) in [6.07, 6.45) is 4.77. The lowest BCUT2D eigenvalue weighted by Crippen LogP contribution is -2.14. The largest absolute Gasteiger partial charge is 0.465 e. The number of hydrogen-bond acceptors (Lipinski definition) is 6. The van der Waals surface area contributed by atoms with E-state index in [0.29, 0.717) is 34.9 Å². The van der Waals surface area contributed by atoms with Gasteiger partial charge in [0.05, 0.1) is 13.0 Å². The van der Waals surface area contributed by atoms with Crippen molar-refractivity contribution < 1.29 is 9.53 Å². The highest BCUT2D eigenvalue weighted by Crippen LogP contribution is 2.21. The van der Waals surface area contributed by atoms with Crippen LogP contribution in [0.25, 0.3) is 0 Å². The Morgan fingerprint density at radius 2 is 2.13 bits per heavy atom. The minimum atomic E-state index is -0.202. The molecule has 1 atom stereocenters. The smallest absolute Gasteiger partial charge is 0.306 e. The molecule has 0 aliphatic rings. The summed E-state index contributed by atoms with van der Waals surface area (Å²) in [6.45, 7) is 9.86. The lowest BCUT2D eigenvalue weighted by Gasteiger charge is -2.14. The normalized spacial score (nSPS) is 14.2. The predicted octanol–water partition coefficient (Wildman–Crippen LogP) is 4.31. The fraction of sp³-hybridized carbons (Fsp3) is 0.688. The van der Waals surface area contributed by atoms with Gasteiger partial charge in [-0.05, 0) is 26.0 Å². The molecule has 0 saturated carbocycles. The molecule has 23 heavy (non-hydrogen) atoms. The fourth-order valence-electron chi connectivity index (χ4n) is 1.83. The molecule has 0 amide bonds. The fourth-order valence-corrected chi connectivity index (χ4v) is 2.66. The van der Waals surface area contributed by atoms with E-state index in [0.717, 1.165) is 19.3 Å². The summed E-state index contributed by atoms with van der Waals surface area (Å²) in [5, 5.41) is 0.786. The first-order chi connectivity index (χ1) is 10.9. The maximum atomic E-state index is 11.8. The van der Waals surface area contributed by atoms with Gasteiger partial charge in [0.15, 0.2) is 5.82 Å². The third-order valence-corrected chi connectivity index (χ3v) is 4.31. The molecule has 0 radical (unpaired) electrons. The summed E-state index contributed by atoms with van der Waals surface area (Å²) in [4.78, 5) is 19.5. The van der Waals surface area contributed by atoms with Crippen LogP contribution in [0.4, 0.5) is 0 Å². The molecule has 7 heteroatoms. The van der Waals surface area contributed by atoms with Gasteiger partial charge in [0.25, 0.3) is 0 Å². The van der Waals surface area contributed by atoms with E-state index in [9.17, 15) is 4.79 Å². The molecule has 0 rings (SSSR count). The molecule has 0 spiro atoms. The van der Waals surface area contributed by atoms with E-state index in [1.54, 1.807) is 6.92 Å². The Kier molecular flexibility index (Phi) is 12.8. The number of nitrogens with zero attached hydrogens (tertiary/aromatic N) is 2. The van der Waals surface area contributed by atoms with Crippen LogP contribution >= 0.6 is 23.4 Å². The van der Waals surface area contributed by atoms with Crippen LogP contribution in [-0.4, -0.2) is 30.2 Å². The van der Waals surface area contributed by atoms with Crippen LogP contribution in [0.3, 0.4) is 0 Å². The summed E-state index contributed by atoms with van der Waals surface area (Å²) in [6, 6.07) is 0. The van der Waals surface area contributed by atoms with Crippen LogP contribution in [0.5, 0.6) is 0 Å². The number of unbranched alkanes of at least 4 members (excludes halogenated alkanes) is 1. The highest BCUT2D eigenvalue weighted by atomic mass is 35.5. The minimum absolute atomic E-state index is 0.202. The summed E-state index contributed by atoms with van der Waals surface area (Å²) in [7, 11) is 0. The summed E-state index contributed by atoms with van der Waals surface area (Å²) < 4.78 is 5.34. The monoisotopic (exact) mass is 361 g/mol. The van der Waals surface area contributed by atoms with Gasteiger partial charge in [-0.15, -0.1) is 11.8 Å². The Labute approximate surface area is 148 Å². The van der Waals surface area contributed by atoms with Gasteiger partial charge in [-0.25, -0.2) is 4.99 Å². The molecular formula is C16H28ClN3O2S. The van der Waals surface area contributed by atoms with Gasteiger partial charge in [-0.1, -0.05) is 44.7 Å². The van der Waals surface area contributed by atoms with Crippen LogP contribution in [0, 0.1) is 5.92 Å². The molecular weight excluding hydrogens is 334 g/mol. The molecule has 0 aromatic heterocycles. The second-order valence-corrected chi connectivity index (χ2v) is 6.79. The molecule has 0 saturated heterocycles. The Morgan fingerprint density at radius 3 is 2.65 bits per heavy atom. The Bertz CT molecular complexity index is 435. The van der Waals surface area contributed by atoms with Gasteiger partial charge >= 0.3 is 5.97 Å². The lowest BCUT2D eigenvalue weighted by molar-refractivity contribution is -0.144. The van der Waals surface area contributed by atoms with E-state index in [2.05, 4.69) is 30.5 Å². The zero-order chi connectivity index (χ0) is 17.7. The summed E-state index contributed by atoms with van der Waals surface area (Å²) in [5.74, 6) is 0.965. The molecule has 5 nitrogen and oxygen atoms in total. The average Bonchev–Trinajstić information content (AvgIpc) is 2.51. The number of hydrogen-bond donors (Lipinski definition) is 1. The molecule has 0 bridgehead atoms. The quantitative estimate of drug-likeness (QED) is 0.415. The van der Waals surface area contributed by atoms with E-state index in [-0.39, 0.29) is 11.8 Å². The van der Waals surface area contributed by atoms with Gasteiger partial charge in [-0.2, -0.15) is 0 Å². The van der Waals surface area contributed by atoms with Crippen molar-refractivity contribution in [1.29, 1.82) is 0 Å². The van der Waals surface area contributed by atoms with Gasteiger partial charge in [0.2, 0.25) is 0 Å². The van der Waals surface area contributed by atoms with Gasteiger partial charge < -0.3 is 10.5 Å². The van der Waals surface area contributed by atoms with Crippen molar-refractivity contribution in [3.8, 4) is 0 Å². The standard InChI is InChI=1S/C16H28ClN3O2S/c1-5-7-8-13(6-2)11-22-14(21)9-10-23-16(19-4)15(18)20-12(3)17/h13H,4-11,18H2,1-3H3/b16-15+,20-12+. The molecule has 0 aliphatic carbocycles. The number of halogens is 1. The SMILES string of the molecule is C=N/C(SCCC(=O)OCC(CC)CCCC)=C(N)\N=C(/C)Cl. The molecule has 0 fully saturated rings. The van der Waals surface area contributed by atoms with Crippen LogP contribution in [0.2, 0.25) is 0 Å². The lowest BCUT2D eigenvalue weighted by atomic mass is 10.0. The molecule has 0 aromatic rings. The van der Waals surface area contributed by atoms with Crippen molar-refractivity contribution in [1.82, 2.24) is 0 Å². The predicted molar refractivity (Wildman–Crippen MR) is 101 cm³/mol. The highest BCUT2D eigenvalue weighted by molar-refractivity contribution is 8.03. The number of thioether (sulfide) groups is 1. The van der Waals surface area contributed by atoms with Gasteiger partial charge in [0, 0.05) is 5.75 Å². The first-order valence-corrected chi connectivity index (χ1v) is 9.26. The molecule has 0 heterocycles. The van der Waals surface area contributed by atoms with Crippen LogP contribution in [-0.2, 0) is 9.53 Å². The molecule has 2 N–H and O–H groups in total. The maximum absolute atomic E-state index is 11.8. The molecule has 132 valence electrons. The number of nitrogens with two attached hydrogens (primary N) is 1. The maximum Gasteiger partial charge on any atom is 0.306 e. The average molecular weight is 362 g/mol. The minimum Gasteiger partial charge on any atom is -0.465 e. The second kappa shape index (κ2) is 13.4. The first-order valence-electron chi connectivity index (χ1n) is 7.90. The summed E-state index contributed by atoms with van der Waals surface area (Å²) in [5.41, 5.74) is 5.75. The summed E-state index contributed by atoms with van der Waals surface area (Å²) >= 11 is 6.98. The Balaban J connectivity index is 4.19. The number of carbonyl (C=O) groups is 1. The van der Waals surface area contributed by atoms with Crippen molar-refractivity contribution in [3.63, 3.8) is 0 Å².